The Morgan fingerprint density at radius 2 is 1.79 bits per heavy atom. The van der Waals surface area contributed by atoms with Gasteiger partial charge in [-0.1, -0.05) is 12.1 Å². The van der Waals surface area contributed by atoms with Gasteiger partial charge in [-0.05, 0) is 64.5 Å². The highest BCUT2D eigenvalue weighted by atomic mass is 19.4. The Morgan fingerprint density at radius 1 is 1.18 bits per heavy atom. The molecule has 2 amide bonds. The summed E-state index contributed by atoms with van der Waals surface area (Å²) in [5.74, 6) is -1.04. The molecule has 1 atom stereocenters. The Hall–Kier alpha value is -2.49. The number of aliphatic hydroxyl groups is 1. The van der Waals surface area contributed by atoms with Crippen molar-refractivity contribution in [2.45, 2.75) is 63.8 Å². The van der Waals surface area contributed by atoms with Gasteiger partial charge in [0.05, 0.1) is 7.11 Å². The number of carbonyl (C=O) groups excluding carboxylic acids is 2. The van der Waals surface area contributed by atoms with Crippen LogP contribution in [-0.2, 0) is 15.1 Å². The number of likely N-dealkylation sites (tertiary alicyclic amines) is 1. The Morgan fingerprint density at radius 3 is 2.32 bits per heavy atom. The lowest BCUT2D eigenvalue weighted by Gasteiger charge is -2.34. The molecular weight excluding hydrogens is 453 g/mol. The van der Waals surface area contributed by atoms with Gasteiger partial charge in [0.25, 0.3) is 11.5 Å². The number of hydrogen-bond donors (Lipinski definition) is 1. The van der Waals surface area contributed by atoms with E-state index in [0.717, 1.165) is 29.9 Å². The zero-order chi connectivity index (χ0) is 25.7. The molecule has 1 saturated heterocycles. The van der Waals surface area contributed by atoms with Gasteiger partial charge in [0.15, 0.2) is 0 Å². The van der Waals surface area contributed by atoms with E-state index in [9.17, 15) is 27.9 Å². The van der Waals surface area contributed by atoms with Gasteiger partial charge in [-0.3, -0.25) is 4.79 Å². The first-order valence-electron chi connectivity index (χ1n) is 11.4. The van der Waals surface area contributed by atoms with Crippen molar-refractivity contribution < 1.29 is 37.3 Å². The summed E-state index contributed by atoms with van der Waals surface area (Å²) in [5, 5.41) is 10.6. The van der Waals surface area contributed by atoms with E-state index in [-0.39, 0.29) is 18.4 Å². The Bertz CT molecular complexity index is 848. The number of piperidine rings is 1. The fraction of sp³-hybridized carbons (Fsp3) is 0.667. The number of rotatable bonds is 7. The molecule has 192 valence electrons. The monoisotopic (exact) mass is 488 g/mol. The van der Waals surface area contributed by atoms with Crippen LogP contribution < -0.4 is 4.74 Å². The maximum atomic E-state index is 13.9. The third-order valence-corrected chi connectivity index (χ3v) is 5.93. The van der Waals surface area contributed by atoms with Crippen LogP contribution in [0.15, 0.2) is 24.3 Å². The normalized spacial score (nSPS) is 17.1. The second-order valence-electron chi connectivity index (χ2n) is 9.72. The van der Waals surface area contributed by atoms with Crippen LogP contribution in [0.5, 0.6) is 5.75 Å². The molecule has 0 unspecified atom stereocenters. The standard InChI is InChI=1S/C24H35F3N2O5/c1-22(2,3)34-21(31)29-14-11-17(12-15-29)8-7-13-28(4)20(30)23(32,24(25,26)27)18-9-6-10-19(16-18)33-5/h6,9-10,16-17,32H,7-8,11-15H2,1-5H3/t23-/m1/s1. The van der Waals surface area contributed by atoms with Crippen LogP contribution in [0.2, 0.25) is 0 Å². The number of amides is 2. The van der Waals surface area contributed by atoms with Crippen LogP contribution in [0.3, 0.4) is 0 Å². The van der Waals surface area contributed by atoms with E-state index in [1.54, 1.807) is 4.90 Å². The Kier molecular flexibility index (Phi) is 8.85. The molecule has 1 heterocycles. The molecule has 1 aliphatic heterocycles. The van der Waals surface area contributed by atoms with Gasteiger partial charge in [0.1, 0.15) is 11.4 Å². The van der Waals surface area contributed by atoms with Gasteiger partial charge in [-0.15, -0.1) is 0 Å². The summed E-state index contributed by atoms with van der Waals surface area (Å²) in [5.41, 5.74) is -4.82. The molecule has 0 aliphatic carbocycles. The van der Waals surface area contributed by atoms with Crippen molar-refractivity contribution in [2.24, 2.45) is 5.92 Å². The molecule has 1 N–H and O–H groups in total. The van der Waals surface area contributed by atoms with Gasteiger partial charge in [-0.25, -0.2) is 4.79 Å². The molecule has 10 heteroatoms. The second kappa shape index (κ2) is 10.8. The number of halogens is 3. The number of likely N-dealkylation sites (N-methyl/N-ethyl adjacent to an activating group) is 1. The zero-order valence-electron chi connectivity index (χ0n) is 20.4. The van der Waals surface area contributed by atoms with Crippen LogP contribution in [0.4, 0.5) is 18.0 Å². The highest BCUT2D eigenvalue weighted by molar-refractivity contribution is 5.87. The van der Waals surface area contributed by atoms with Gasteiger partial charge >= 0.3 is 12.3 Å². The summed E-state index contributed by atoms with van der Waals surface area (Å²) in [6.07, 6.45) is -2.87. The molecule has 34 heavy (non-hydrogen) atoms. The van der Waals surface area contributed by atoms with Gasteiger partial charge in [0, 0.05) is 32.2 Å². The molecule has 1 fully saturated rings. The largest absolute Gasteiger partial charge is 0.497 e. The molecule has 1 aliphatic rings. The number of methoxy groups -OCH3 is 1. The zero-order valence-corrected chi connectivity index (χ0v) is 20.4. The highest BCUT2D eigenvalue weighted by Crippen LogP contribution is 2.41. The fourth-order valence-corrected chi connectivity index (χ4v) is 3.98. The first kappa shape index (κ1) is 27.8. The second-order valence-corrected chi connectivity index (χ2v) is 9.72. The lowest BCUT2D eigenvalue weighted by atomic mass is 9.90. The number of benzene rings is 1. The Labute approximate surface area is 198 Å². The van der Waals surface area contributed by atoms with Crippen molar-refractivity contribution in [1.29, 1.82) is 0 Å². The molecule has 0 spiro atoms. The third kappa shape index (κ3) is 6.77. The summed E-state index contributed by atoms with van der Waals surface area (Å²) in [4.78, 5) is 27.5. The van der Waals surface area contributed by atoms with E-state index >= 15 is 0 Å². The van der Waals surface area contributed by atoms with Crippen LogP contribution in [0.25, 0.3) is 0 Å². The smallest absolute Gasteiger partial charge is 0.430 e. The highest BCUT2D eigenvalue weighted by Gasteiger charge is 2.61. The summed E-state index contributed by atoms with van der Waals surface area (Å²) >= 11 is 0. The predicted octanol–water partition coefficient (Wildman–Crippen LogP) is 4.33. The summed E-state index contributed by atoms with van der Waals surface area (Å²) in [7, 11) is 2.54. The molecule has 0 aromatic heterocycles. The van der Waals surface area contributed by atoms with Crippen LogP contribution in [0, 0.1) is 5.92 Å². The van der Waals surface area contributed by atoms with Crippen molar-refractivity contribution in [2.75, 3.05) is 33.8 Å². The predicted molar refractivity (Wildman–Crippen MR) is 120 cm³/mol. The first-order chi connectivity index (χ1) is 15.7. The average Bonchev–Trinajstić information content (AvgIpc) is 2.76. The molecule has 1 aromatic carbocycles. The topological polar surface area (TPSA) is 79.3 Å². The summed E-state index contributed by atoms with van der Waals surface area (Å²) < 4.78 is 51.9. The van der Waals surface area contributed by atoms with Crippen molar-refractivity contribution in [1.82, 2.24) is 9.80 Å². The maximum absolute atomic E-state index is 13.9. The summed E-state index contributed by atoms with van der Waals surface area (Å²) in [6.45, 7) is 6.60. The van der Waals surface area contributed by atoms with Gasteiger partial charge < -0.3 is 24.4 Å². The molecule has 2 rings (SSSR count). The molecule has 0 radical (unpaired) electrons. The number of ether oxygens (including phenoxy) is 2. The third-order valence-electron chi connectivity index (χ3n) is 5.93. The summed E-state index contributed by atoms with van der Waals surface area (Å²) in [6, 6.07) is 4.79. The quantitative estimate of drug-likeness (QED) is 0.618. The van der Waals surface area contributed by atoms with Crippen LogP contribution in [-0.4, -0.2) is 72.5 Å². The fourth-order valence-electron chi connectivity index (χ4n) is 3.98. The van der Waals surface area contributed by atoms with E-state index in [1.165, 1.54) is 26.3 Å². The number of carbonyl (C=O) groups is 2. The van der Waals surface area contributed by atoms with Gasteiger partial charge in [0.2, 0.25) is 0 Å². The maximum Gasteiger partial charge on any atom is 0.430 e. The number of alkyl halides is 3. The molecule has 1 aromatic rings. The first-order valence-corrected chi connectivity index (χ1v) is 11.4. The van der Waals surface area contributed by atoms with Crippen LogP contribution >= 0.6 is 0 Å². The van der Waals surface area contributed by atoms with Crippen LogP contribution in [0.1, 0.15) is 52.0 Å². The van der Waals surface area contributed by atoms with Crippen molar-refractivity contribution >= 4 is 12.0 Å². The van der Waals surface area contributed by atoms with E-state index < -0.39 is 28.8 Å². The van der Waals surface area contributed by atoms with E-state index in [0.29, 0.717) is 31.8 Å². The van der Waals surface area contributed by atoms with E-state index in [4.69, 9.17) is 9.47 Å². The molecule has 0 saturated carbocycles. The SMILES string of the molecule is COc1cccc([C@@](O)(C(=O)N(C)CCCC2CCN(C(=O)OC(C)(C)C)CC2)C(F)(F)F)c1. The minimum atomic E-state index is -5.21. The number of hydrogen-bond acceptors (Lipinski definition) is 5. The molecule has 0 bridgehead atoms. The van der Waals surface area contributed by atoms with Crippen molar-refractivity contribution in [3.05, 3.63) is 29.8 Å². The molecule has 7 nitrogen and oxygen atoms in total. The van der Waals surface area contributed by atoms with Crippen molar-refractivity contribution in [3.8, 4) is 5.75 Å². The van der Waals surface area contributed by atoms with Gasteiger partial charge in [-0.2, -0.15) is 13.2 Å². The Balaban J connectivity index is 1.93. The lowest BCUT2D eigenvalue weighted by molar-refractivity contribution is -0.261. The minimum Gasteiger partial charge on any atom is -0.497 e. The average molecular weight is 489 g/mol. The number of nitrogens with zero attached hydrogens (tertiary/aromatic N) is 2. The minimum absolute atomic E-state index is 0.0630. The lowest BCUT2D eigenvalue weighted by Crippen LogP contribution is -2.55. The van der Waals surface area contributed by atoms with Crippen molar-refractivity contribution in [3.63, 3.8) is 0 Å². The van der Waals surface area contributed by atoms with E-state index in [1.807, 2.05) is 20.8 Å². The molecular formula is C24H35F3N2O5. The van der Waals surface area contributed by atoms with E-state index in [2.05, 4.69) is 0 Å².